The van der Waals surface area contributed by atoms with Crippen LogP contribution in [0.4, 0.5) is 0 Å². The maximum absolute atomic E-state index is 6.57. The van der Waals surface area contributed by atoms with Gasteiger partial charge in [-0.25, -0.2) is 0 Å². The van der Waals surface area contributed by atoms with E-state index in [1.165, 1.54) is 6.42 Å². The minimum atomic E-state index is -0.485. The van der Waals surface area contributed by atoms with E-state index in [-0.39, 0.29) is 10.8 Å². The number of benzene rings is 2. The van der Waals surface area contributed by atoms with Crippen LogP contribution in [0.1, 0.15) is 54.4 Å². The summed E-state index contributed by atoms with van der Waals surface area (Å²) in [6.45, 7) is 1.13. The Morgan fingerprint density at radius 1 is 0.611 bits per heavy atom. The minimum absolute atomic E-state index is 0.296. The summed E-state index contributed by atoms with van der Waals surface area (Å²) in [7, 11) is 0. The van der Waals surface area contributed by atoms with Gasteiger partial charge in [0.2, 0.25) is 0 Å². The SMILES string of the molecule is C#Cc1cccc(C#CC2=C[C@]34COC5(CCCCC5)OC[C@@]23C=C4C#Cc2cccc(C#C)c2)c1. The Morgan fingerprint density at radius 2 is 1.08 bits per heavy atom. The summed E-state index contributed by atoms with van der Waals surface area (Å²) < 4.78 is 13.1. The van der Waals surface area contributed by atoms with Crippen LogP contribution in [-0.4, -0.2) is 19.0 Å². The van der Waals surface area contributed by atoms with E-state index in [2.05, 4.69) is 47.7 Å². The van der Waals surface area contributed by atoms with Crippen molar-refractivity contribution in [3.8, 4) is 48.4 Å². The van der Waals surface area contributed by atoms with Gasteiger partial charge in [0.15, 0.2) is 5.79 Å². The average molecular weight is 467 g/mol. The van der Waals surface area contributed by atoms with E-state index in [4.69, 9.17) is 22.3 Å². The molecular weight excluding hydrogens is 440 g/mol. The highest BCUT2D eigenvalue weighted by Gasteiger charge is 2.68. The van der Waals surface area contributed by atoms with Gasteiger partial charge in [-0.2, -0.15) is 0 Å². The van der Waals surface area contributed by atoms with Gasteiger partial charge in [-0.15, -0.1) is 12.8 Å². The van der Waals surface area contributed by atoms with Crippen LogP contribution < -0.4 is 0 Å². The Morgan fingerprint density at radius 3 is 1.56 bits per heavy atom. The topological polar surface area (TPSA) is 18.5 Å². The van der Waals surface area contributed by atoms with Crippen molar-refractivity contribution in [2.75, 3.05) is 13.2 Å². The number of rotatable bonds is 0. The van der Waals surface area contributed by atoms with Crippen LogP contribution in [0.2, 0.25) is 0 Å². The molecule has 2 fully saturated rings. The molecule has 3 aliphatic carbocycles. The van der Waals surface area contributed by atoms with E-state index < -0.39 is 5.79 Å². The third-order valence-electron chi connectivity index (χ3n) is 8.02. The number of hydrogen-bond donors (Lipinski definition) is 0. The van der Waals surface area contributed by atoms with Crippen LogP contribution in [0.5, 0.6) is 0 Å². The van der Waals surface area contributed by atoms with Gasteiger partial charge in [0.1, 0.15) is 0 Å². The van der Waals surface area contributed by atoms with Crippen molar-refractivity contribution in [3.05, 3.63) is 94.1 Å². The quantitative estimate of drug-likeness (QED) is 0.470. The van der Waals surface area contributed by atoms with Crippen LogP contribution in [0.15, 0.2) is 71.8 Å². The summed E-state index contributed by atoms with van der Waals surface area (Å²) in [5.74, 6) is 18.3. The molecule has 4 aliphatic rings. The smallest absolute Gasteiger partial charge is 0.168 e. The summed E-state index contributed by atoms with van der Waals surface area (Å²) in [5.41, 5.74) is 5.03. The van der Waals surface area contributed by atoms with E-state index >= 15 is 0 Å². The highest BCUT2D eigenvalue weighted by atomic mass is 16.7. The molecule has 0 N–H and O–H groups in total. The Bertz CT molecular complexity index is 1400. The summed E-state index contributed by atoms with van der Waals surface area (Å²) in [6, 6.07) is 15.6. The number of terminal acetylenes is 2. The fourth-order valence-corrected chi connectivity index (χ4v) is 5.84. The van der Waals surface area contributed by atoms with E-state index in [1.54, 1.807) is 0 Å². The van der Waals surface area contributed by atoms with Gasteiger partial charge >= 0.3 is 0 Å². The Balaban J connectivity index is 1.34. The average Bonchev–Trinajstić information content (AvgIpc) is 2.97. The second-order valence-electron chi connectivity index (χ2n) is 10.1. The van der Waals surface area contributed by atoms with Crippen molar-refractivity contribution >= 4 is 0 Å². The monoisotopic (exact) mass is 466 g/mol. The molecule has 0 radical (unpaired) electrons. The maximum atomic E-state index is 6.57. The van der Waals surface area contributed by atoms with E-state index in [9.17, 15) is 0 Å². The van der Waals surface area contributed by atoms with Gasteiger partial charge in [-0.05, 0) is 49.2 Å². The Kier molecular flexibility index (Phi) is 5.40. The first kappa shape index (κ1) is 22.5. The molecule has 174 valence electrons. The van der Waals surface area contributed by atoms with E-state index in [0.29, 0.717) is 13.2 Å². The van der Waals surface area contributed by atoms with Crippen molar-refractivity contribution < 1.29 is 9.47 Å². The molecule has 0 amide bonds. The van der Waals surface area contributed by atoms with Crippen LogP contribution in [0.25, 0.3) is 0 Å². The van der Waals surface area contributed by atoms with Gasteiger partial charge in [0.05, 0.1) is 24.0 Å². The number of ether oxygens (including phenoxy) is 2. The highest BCUT2D eigenvalue weighted by Crippen LogP contribution is 2.69. The molecule has 1 saturated heterocycles. The molecule has 2 nitrogen and oxygen atoms in total. The van der Waals surface area contributed by atoms with E-state index in [0.717, 1.165) is 59.1 Å². The molecule has 2 aromatic rings. The third kappa shape index (κ3) is 3.51. The first-order valence-electron chi connectivity index (χ1n) is 12.5. The minimum Gasteiger partial charge on any atom is -0.349 e. The highest BCUT2D eigenvalue weighted by molar-refractivity contribution is 5.69. The normalized spacial score (nSPS) is 26.7. The maximum Gasteiger partial charge on any atom is 0.168 e. The standard InChI is InChI=1S/C34H26O2/c1-3-26-10-8-12-28(20-26)14-16-30-22-33-25-36-34(18-6-5-7-19-34)35-24-32(30,33)23-31(33)17-15-29-13-9-11-27(4-2)21-29/h1-2,8-13,20-23H,5-7,18-19,24-25H2/t32-,33+. The van der Waals surface area contributed by atoms with Gasteiger partial charge < -0.3 is 9.47 Å². The second-order valence-corrected chi connectivity index (χ2v) is 10.1. The lowest BCUT2D eigenvalue weighted by Crippen LogP contribution is -2.59. The van der Waals surface area contributed by atoms with Gasteiger partial charge in [-0.1, -0.05) is 66.2 Å². The first-order chi connectivity index (χ1) is 17.6. The first-order valence-corrected chi connectivity index (χ1v) is 12.5. The van der Waals surface area contributed by atoms with Crippen LogP contribution in [-0.2, 0) is 9.47 Å². The molecule has 1 spiro atoms. The summed E-state index contributed by atoms with van der Waals surface area (Å²) >= 11 is 0. The molecule has 2 aromatic carbocycles. The lowest BCUT2D eigenvalue weighted by molar-refractivity contribution is -0.244. The van der Waals surface area contributed by atoms with Gasteiger partial charge in [0, 0.05) is 46.2 Å². The molecule has 1 aliphatic heterocycles. The molecule has 36 heavy (non-hydrogen) atoms. The van der Waals surface area contributed by atoms with Gasteiger partial charge in [0.25, 0.3) is 0 Å². The largest absolute Gasteiger partial charge is 0.349 e. The zero-order valence-electron chi connectivity index (χ0n) is 20.2. The van der Waals surface area contributed by atoms with Crippen molar-refractivity contribution in [1.29, 1.82) is 0 Å². The molecule has 0 unspecified atom stereocenters. The van der Waals surface area contributed by atoms with Crippen molar-refractivity contribution in [2.45, 2.75) is 37.9 Å². The second kappa shape index (κ2) is 8.63. The van der Waals surface area contributed by atoms with E-state index in [1.807, 2.05) is 48.5 Å². The predicted octanol–water partition coefficient (Wildman–Crippen LogP) is 5.61. The summed E-state index contributed by atoms with van der Waals surface area (Å²) in [6.07, 6.45) is 21.0. The molecule has 1 saturated carbocycles. The van der Waals surface area contributed by atoms with Crippen molar-refractivity contribution in [2.24, 2.45) is 10.8 Å². The Labute approximate surface area is 213 Å². The molecule has 2 heteroatoms. The zero-order chi connectivity index (χ0) is 24.6. The molecule has 1 heterocycles. The van der Waals surface area contributed by atoms with Crippen molar-refractivity contribution in [3.63, 3.8) is 0 Å². The molecule has 2 atom stereocenters. The summed E-state index contributed by atoms with van der Waals surface area (Å²) in [4.78, 5) is 0. The number of hydrogen-bond acceptors (Lipinski definition) is 2. The molecule has 0 aromatic heterocycles. The van der Waals surface area contributed by atoms with Crippen LogP contribution in [0.3, 0.4) is 0 Å². The molecule has 0 bridgehead atoms. The lowest BCUT2D eigenvalue weighted by Gasteiger charge is -2.60. The molecule has 6 rings (SSSR count). The van der Waals surface area contributed by atoms with Crippen LogP contribution in [0, 0.1) is 59.2 Å². The third-order valence-corrected chi connectivity index (χ3v) is 8.02. The lowest BCUT2D eigenvalue weighted by atomic mass is 9.41. The molecular formula is C34H26O2. The van der Waals surface area contributed by atoms with Crippen LogP contribution >= 0.6 is 0 Å². The fraction of sp³-hybridized carbons (Fsp3) is 0.294. The predicted molar refractivity (Wildman–Crippen MR) is 141 cm³/mol. The summed E-state index contributed by atoms with van der Waals surface area (Å²) in [5, 5.41) is 0. The van der Waals surface area contributed by atoms with Gasteiger partial charge in [-0.3, -0.25) is 0 Å². The zero-order valence-corrected chi connectivity index (χ0v) is 20.2. The van der Waals surface area contributed by atoms with Crippen molar-refractivity contribution in [1.82, 2.24) is 0 Å². The Hall–Kier alpha value is -3.92. The fourth-order valence-electron chi connectivity index (χ4n) is 5.84.